The zero-order valence-electron chi connectivity index (χ0n) is 10.7. The zero-order valence-corrected chi connectivity index (χ0v) is 12.2. The lowest BCUT2D eigenvalue weighted by atomic mass is 9.80. The summed E-state index contributed by atoms with van der Waals surface area (Å²) < 4.78 is 6.45. The molecule has 0 aliphatic heterocycles. The predicted octanol–water partition coefficient (Wildman–Crippen LogP) is 3.55. The van der Waals surface area contributed by atoms with Crippen LogP contribution in [0.25, 0.3) is 0 Å². The van der Waals surface area contributed by atoms with Gasteiger partial charge in [-0.15, -0.1) is 0 Å². The largest absolute Gasteiger partial charge is 0.496 e. The second kappa shape index (κ2) is 4.53. The topological polar surface area (TPSA) is 29.5 Å². The molecule has 0 heterocycles. The maximum Gasteiger partial charge on any atom is 0.122 e. The van der Waals surface area contributed by atoms with Crippen molar-refractivity contribution in [3.05, 3.63) is 28.2 Å². The molecule has 0 bridgehead atoms. The van der Waals surface area contributed by atoms with Gasteiger partial charge in [-0.25, -0.2) is 0 Å². The van der Waals surface area contributed by atoms with E-state index in [0.717, 1.165) is 41.0 Å². The highest BCUT2D eigenvalue weighted by atomic mass is 79.9. The van der Waals surface area contributed by atoms with Gasteiger partial charge in [0.05, 0.1) is 12.7 Å². The Hall–Kier alpha value is -0.540. The summed E-state index contributed by atoms with van der Waals surface area (Å²) in [4.78, 5) is 0. The van der Waals surface area contributed by atoms with Crippen molar-refractivity contribution in [2.75, 3.05) is 7.11 Å². The molecule has 2 aliphatic rings. The molecule has 2 aliphatic carbocycles. The lowest BCUT2D eigenvalue weighted by Gasteiger charge is -2.32. The van der Waals surface area contributed by atoms with Gasteiger partial charge in [0, 0.05) is 10.9 Å². The van der Waals surface area contributed by atoms with Crippen molar-refractivity contribution < 1.29 is 9.84 Å². The molecular weight excluding hydrogens is 292 g/mol. The lowest BCUT2D eigenvalue weighted by molar-refractivity contribution is -0.0108. The van der Waals surface area contributed by atoms with E-state index in [9.17, 15) is 5.11 Å². The van der Waals surface area contributed by atoms with Gasteiger partial charge in [-0.3, -0.25) is 0 Å². The Morgan fingerprint density at radius 3 is 3.11 bits per heavy atom. The fraction of sp³-hybridized carbons (Fsp3) is 0.600. The second-order valence-electron chi connectivity index (χ2n) is 5.73. The predicted molar refractivity (Wildman–Crippen MR) is 74.8 cm³/mol. The summed E-state index contributed by atoms with van der Waals surface area (Å²) >= 11 is 3.50. The SMILES string of the molecule is COc1ccc(Br)cc1CC1(O)CCCC2CC21. The minimum absolute atomic E-state index is 0.503. The van der Waals surface area contributed by atoms with Crippen LogP contribution in [0.1, 0.15) is 31.2 Å². The molecular formula is C15H19BrO2. The van der Waals surface area contributed by atoms with Gasteiger partial charge in [-0.1, -0.05) is 22.4 Å². The molecule has 0 spiro atoms. The van der Waals surface area contributed by atoms with Crippen LogP contribution in [0.4, 0.5) is 0 Å². The molecule has 0 radical (unpaired) electrons. The standard InChI is InChI=1S/C15H19BrO2/c1-18-14-5-4-12(16)7-11(14)9-15(17)6-2-3-10-8-13(10)15/h4-5,7,10,13,17H,2-3,6,8-9H2,1H3. The van der Waals surface area contributed by atoms with Crippen LogP contribution in [-0.2, 0) is 6.42 Å². The quantitative estimate of drug-likeness (QED) is 0.925. The van der Waals surface area contributed by atoms with Gasteiger partial charge < -0.3 is 9.84 Å². The Balaban J connectivity index is 1.85. The van der Waals surface area contributed by atoms with E-state index in [1.807, 2.05) is 12.1 Å². The van der Waals surface area contributed by atoms with Crippen LogP contribution in [0.2, 0.25) is 0 Å². The smallest absolute Gasteiger partial charge is 0.122 e. The van der Waals surface area contributed by atoms with Crippen molar-refractivity contribution >= 4 is 15.9 Å². The Labute approximate surface area is 116 Å². The molecule has 2 saturated carbocycles. The third-order valence-electron chi connectivity index (χ3n) is 4.54. The monoisotopic (exact) mass is 310 g/mol. The summed E-state index contributed by atoms with van der Waals surface area (Å²) in [5, 5.41) is 10.9. The summed E-state index contributed by atoms with van der Waals surface area (Å²) in [5.74, 6) is 2.19. The molecule has 1 aromatic carbocycles. The highest BCUT2D eigenvalue weighted by molar-refractivity contribution is 9.10. The number of methoxy groups -OCH3 is 1. The lowest BCUT2D eigenvalue weighted by Crippen LogP contribution is -2.37. The van der Waals surface area contributed by atoms with Crippen molar-refractivity contribution in [3.8, 4) is 5.75 Å². The van der Waals surface area contributed by atoms with Gasteiger partial charge in [0.25, 0.3) is 0 Å². The van der Waals surface area contributed by atoms with Gasteiger partial charge in [0.1, 0.15) is 5.75 Å². The van der Waals surface area contributed by atoms with E-state index in [4.69, 9.17) is 4.74 Å². The van der Waals surface area contributed by atoms with Crippen molar-refractivity contribution in [2.45, 2.75) is 37.7 Å². The normalized spacial score (nSPS) is 33.9. The van der Waals surface area contributed by atoms with Crippen LogP contribution >= 0.6 is 15.9 Å². The van der Waals surface area contributed by atoms with Crippen LogP contribution < -0.4 is 4.74 Å². The average Bonchev–Trinajstić information content (AvgIpc) is 3.10. The van der Waals surface area contributed by atoms with Crippen LogP contribution in [0, 0.1) is 11.8 Å². The van der Waals surface area contributed by atoms with E-state index in [0.29, 0.717) is 5.92 Å². The molecule has 2 fully saturated rings. The van der Waals surface area contributed by atoms with E-state index in [-0.39, 0.29) is 0 Å². The first kappa shape index (κ1) is 12.5. The summed E-state index contributed by atoms with van der Waals surface area (Å²) in [5.41, 5.74) is 0.610. The molecule has 1 aromatic rings. The minimum atomic E-state index is -0.503. The van der Waals surface area contributed by atoms with Gasteiger partial charge >= 0.3 is 0 Å². The third kappa shape index (κ3) is 2.19. The highest BCUT2D eigenvalue weighted by Gasteiger charge is 2.53. The number of aliphatic hydroxyl groups is 1. The molecule has 0 aromatic heterocycles. The van der Waals surface area contributed by atoms with E-state index < -0.39 is 5.60 Å². The molecule has 3 rings (SSSR count). The van der Waals surface area contributed by atoms with E-state index in [1.165, 1.54) is 12.8 Å². The van der Waals surface area contributed by atoms with Gasteiger partial charge in [-0.2, -0.15) is 0 Å². The van der Waals surface area contributed by atoms with Crippen molar-refractivity contribution in [2.24, 2.45) is 11.8 Å². The summed E-state index contributed by atoms with van der Waals surface area (Å²) in [6.45, 7) is 0. The van der Waals surface area contributed by atoms with E-state index in [1.54, 1.807) is 7.11 Å². The molecule has 1 N–H and O–H groups in total. The number of rotatable bonds is 3. The summed E-state index contributed by atoms with van der Waals surface area (Å²) in [7, 11) is 1.69. The number of benzene rings is 1. The number of ether oxygens (including phenoxy) is 1. The fourth-order valence-electron chi connectivity index (χ4n) is 3.52. The second-order valence-corrected chi connectivity index (χ2v) is 6.65. The maximum absolute atomic E-state index is 10.9. The Morgan fingerprint density at radius 2 is 2.33 bits per heavy atom. The van der Waals surface area contributed by atoms with E-state index in [2.05, 4.69) is 22.0 Å². The van der Waals surface area contributed by atoms with Crippen molar-refractivity contribution in [1.29, 1.82) is 0 Å². The van der Waals surface area contributed by atoms with Gasteiger partial charge in [-0.05, 0) is 54.9 Å². The molecule has 0 amide bonds. The van der Waals surface area contributed by atoms with Crippen LogP contribution in [0.5, 0.6) is 5.75 Å². The number of fused-ring (bicyclic) bond motifs is 1. The first-order chi connectivity index (χ1) is 8.62. The van der Waals surface area contributed by atoms with Crippen molar-refractivity contribution in [3.63, 3.8) is 0 Å². The van der Waals surface area contributed by atoms with Crippen LogP contribution in [-0.4, -0.2) is 17.8 Å². The fourth-order valence-corrected chi connectivity index (χ4v) is 3.92. The highest BCUT2D eigenvalue weighted by Crippen LogP contribution is 2.56. The van der Waals surface area contributed by atoms with Gasteiger partial charge in [0.15, 0.2) is 0 Å². The molecule has 18 heavy (non-hydrogen) atoms. The molecule has 3 heteroatoms. The molecule has 98 valence electrons. The Bertz CT molecular complexity index is 460. The molecule has 2 nitrogen and oxygen atoms in total. The molecule has 3 unspecified atom stereocenters. The molecule has 0 saturated heterocycles. The summed E-state index contributed by atoms with van der Waals surface area (Å²) in [6, 6.07) is 6.02. The Kier molecular flexibility index (Phi) is 3.15. The number of halogens is 1. The first-order valence-electron chi connectivity index (χ1n) is 6.67. The maximum atomic E-state index is 10.9. The number of hydrogen-bond acceptors (Lipinski definition) is 2. The third-order valence-corrected chi connectivity index (χ3v) is 5.03. The first-order valence-corrected chi connectivity index (χ1v) is 7.46. The molecule has 3 atom stereocenters. The van der Waals surface area contributed by atoms with Crippen LogP contribution in [0.3, 0.4) is 0 Å². The summed E-state index contributed by atoms with van der Waals surface area (Å²) in [6.07, 6.45) is 5.34. The van der Waals surface area contributed by atoms with Gasteiger partial charge in [0.2, 0.25) is 0 Å². The van der Waals surface area contributed by atoms with E-state index >= 15 is 0 Å². The van der Waals surface area contributed by atoms with Crippen molar-refractivity contribution in [1.82, 2.24) is 0 Å². The zero-order chi connectivity index (χ0) is 12.8. The minimum Gasteiger partial charge on any atom is -0.496 e. The Morgan fingerprint density at radius 1 is 1.50 bits per heavy atom. The van der Waals surface area contributed by atoms with Crippen LogP contribution in [0.15, 0.2) is 22.7 Å². The average molecular weight is 311 g/mol. The number of hydrogen-bond donors (Lipinski definition) is 1.